The van der Waals surface area contributed by atoms with Crippen LogP contribution in [0.2, 0.25) is 0 Å². The minimum atomic E-state index is -3.66. The molecule has 0 radical (unpaired) electrons. The minimum Gasteiger partial charge on any atom is -0.491 e. The lowest BCUT2D eigenvalue weighted by molar-refractivity contribution is -0.119. The van der Waals surface area contributed by atoms with E-state index in [1.165, 1.54) is 24.3 Å². The largest absolute Gasteiger partial charge is 0.491 e. The molecule has 28 heavy (non-hydrogen) atoms. The summed E-state index contributed by atoms with van der Waals surface area (Å²) in [5.41, 5.74) is 1.20. The lowest BCUT2D eigenvalue weighted by Crippen LogP contribution is -2.30. The molecule has 8 heteroatoms. The number of benzene rings is 2. The summed E-state index contributed by atoms with van der Waals surface area (Å²) in [5.74, 6) is -0.863. The molecule has 2 aromatic carbocycles. The zero-order valence-electron chi connectivity index (χ0n) is 15.9. The molecule has 1 aliphatic heterocycles. The van der Waals surface area contributed by atoms with E-state index in [9.17, 15) is 18.0 Å². The zero-order valence-corrected chi connectivity index (χ0v) is 16.7. The summed E-state index contributed by atoms with van der Waals surface area (Å²) in [5, 5.41) is 2.77. The highest BCUT2D eigenvalue weighted by molar-refractivity contribution is 7.94. The smallest absolute Gasteiger partial charge is 0.255 e. The lowest BCUT2D eigenvalue weighted by Gasteiger charge is -2.15. The van der Waals surface area contributed by atoms with E-state index < -0.39 is 21.8 Å². The summed E-state index contributed by atoms with van der Waals surface area (Å²) in [6.07, 6.45) is 0.0632. The van der Waals surface area contributed by atoms with Gasteiger partial charge in [-0.25, -0.2) is 12.7 Å². The van der Waals surface area contributed by atoms with Gasteiger partial charge in [0.05, 0.1) is 23.5 Å². The van der Waals surface area contributed by atoms with Crippen LogP contribution in [0.4, 0.5) is 11.4 Å². The van der Waals surface area contributed by atoms with Crippen LogP contribution in [0, 0.1) is 5.92 Å². The van der Waals surface area contributed by atoms with E-state index in [0.29, 0.717) is 17.0 Å². The van der Waals surface area contributed by atoms with Crippen LogP contribution >= 0.6 is 0 Å². The molecule has 1 N–H and O–H groups in total. The molecule has 1 saturated heterocycles. The van der Waals surface area contributed by atoms with Gasteiger partial charge in [-0.05, 0) is 62.4 Å². The fourth-order valence-corrected chi connectivity index (χ4v) is 4.75. The summed E-state index contributed by atoms with van der Waals surface area (Å²) in [4.78, 5) is 24.5. The van der Waals surface area contributed by atoms with E-state index in [4.69, 9.17) is 4.74 Å². The number of rotatable bonds is 5. The molecule has 1 atom stereocenters. The van der Waals surface area contributed by atoms with Crippen molar-refractivity contribution in [2.24, 2.45) is 5.92 Å². The first kappa shape index (κ1) is 19.9. The van der Waals surface area contributed by atoms with Gasteiger partial charge in [0.25, 0.3) is 5.91 Å². The number of hydrogen-bond acceptors (Lipinski definition) is 5. The van der Waals surface area contributed by atoms with E-state index in [-0.39, 0.29) is 23.5 Å². The van der Waals surface area contributed by atoms with Crippen LogP contribution in [0.1, 0.15) is 31.1 Å². The second-order valence-corrected chi connectivity index (χ2v) is 8.84. The molecular formula is C20H22N2O5S. The first-order valence-electron chi connectivity index (χ1n) is 8.92. The van der Waals surface area contributed by atoms with Gasteiger partial charge in [0.15, 0.2) is 0 Å². The minimum absolute atomic E-state index is 0.0632. The third kappa shape index (κ3) is 4.17. The van der Waals surface area contributed by atoms with Crippen molar-refractivity contribution < 1.29 is 22.7 Å². The average Bonchev–Trinajstić information content (AvgIpc) is 2.83. The Hall–Kier alpha value is -2.87. The molecule has 0 unspecified atom stereocenters. The van der Waals surface area contributed by atoms with E-state index in [2.05, 4.69) is 5.32 Å². The molecule has 3 rings (SSSR count). The van der Waals surface area contributed by atoms with Gasteiger partial charge in [0.1, 0.15) is 5.75 Å². The molecule has 2 amide bonds. The van der Waals surface area contributed by atoms with Gasteiger partial charge in [0.2, 0.25) is 15.9 Å². The monoisotopic (exact) mass is 402 g/mol. The number of carbonyl (C=O) groups excluding carboxylic acids is 2. The third-order valence-electron chi connectivity index (χ3n) is 4.21. The first-order valence-corrected chi connectivity index (χ1v) is 10.5. The predicted octanol–water partition coefficient (Wildman–Crippen LogP) is 3.04. The van der Waals surface area contributed by atoms with Gasteiger partial charge < -0.3 is 10.1 Å². The van der Waals surface area contributed by atoms with Gasteiger partial charge in [-0.3, -0.25) is 9.59 Å². The van der Waals surface area contributed by atoms with Crippen LogP contribution in [-0.4, -0.2) is 32.1 Å². The molecule has 0 saturated carbocycles. The van der Waals surface area contributed by atoms with Gasteiger partial charge in [-0.15, -0.1) is 0 Å². The maximum Gasteiger partial charge on any atom is 0.255 e. The number of amides is 2. The summed E-state index contributed by atoms with van der Waals surface area (Å²) < 4.78 is 30.7. The van der Waals surface area contributed by atoms with Crippen molar-refractivity contribution in [3.63, 3.8) is 0 Å². The standard InChI is InChI=1S/C20H22N2O5S/c1-13(2)27-18-10-6-16(7-11-18)21-19(23)15-4-8-17(9-5-15)22-20(24)14(3)12-28(22,25)26/h4-11,13-14H,12H2,1-3H3,(H,21,23)/t14-/m1/s1. The summed E-state index contributed by atoms with van der Waals surface area (Å²) in [6, 6.07) is 12.9. The Morgan fingerprint density at radius 2 is 1.71 bits per heavy atom. The molecule has 0 aliphatic carbocycles. The molecule has 0 aromatic heterocycles. The van der Waals surface area contributed by atoms with Crippen molar-refractivity contribution in [1.82, 2.24) is 0 Å². The van der Waals surface area contributed by atoms with Crippen molar-refractivity contribution >= 4 is 33.2 Å². The number of nitrogens with one attached hydrogen (secondary N) is 1. The van der Waals surface area contributed by atoms with Crippen LogP contribution in [0.3, 0.4) is 0 Å². The topological polar surface area (TPSA) is 92.8 Å². The Morgan fingerprint density at radius 3 is 2.21 bits per heavy atom. The van der Waals surface area contributed by atoms with Crippen LogP contribution in [-0.2, 0) is 14.8 Å². The Kier molecular flexibility index (Phi) is 5.42. The zero-order chi connectivity index (χ0) is 20.5. The molecule has 1 aliphatic rings. The van der Waals surface area contributed by atoms with E-state index in [1.807, 2.05) is 13.8 Å². The Labute approximate surface area is 164 Å². The lowest BCUT2D eigenvalue weighted by atomic mass is 10.1. The summed E-state index contributed by atoms with van der Waals surface area (Å²) >= 11 is 0. The summed E-state index contributed by atoms with van der Waals surface area (Å²) in [6.45, 7) is 5.45. The number of ether oxygens (including phenoxy) is 1. The van der Waals surface area contributed by atoms with Gasteiger partial charge in [-0.1, -0.05) is 6.92 Å². The van der Waals surface area contributed by atoms with Crippen molar-refractivity contribution in [2.45, 2.75) is 26.9 Å². The molecule has 1 fully saturated rings. The molecule has 7 nitrogen and oxygen atoms in total. The van der Waals surface area contributed by atoms with E-state index >= 15 is 0 Å². The second kappa shape index (κ2) is 7.63. The van der Waals surface area contributed by atoms with Crippen LogP contribution in [0.5, 0.6) is 5.75 Å². The van der Waals surface area contributed by atoms with Crippen LogP contribution < -0.4 is 14.4 Å². The Morgan fingerprint density at radius 1 is 1.11 bits per heavy atom. The second-order valence-electron chi connectivity index (χ2n) is 6.97. The SMILES string of the molecule is CC(C)Oc1ccc(NC(=O)c2ccc(N3C(=O)[C@H](C)CS3(=O)=O)cc2)cc1. The Balaban J connectivity index is 1.71. The van der Waals surface area contributed by atoms with Crippen LogP contribution in [0.15, 0.2) is 48.5 Å². The number of carbonyl (C=O) groups is 2. The van der Waals surface area contributed by atoms with Crippen molar-refractivity contribution in [2.75, 3.05) is 15.4 Å². The third-order valence-corrected chi connectivity index (χ3v) is 6.08. The van der Waals surface area contributed by atoms with Crippen molar-refractivity contribution in [1.29, 1.82) is 0 Å². The van der Waals surface area contributed by atoms with Crippen molar-refractivity contribution in [3.8, 4) is 5.75 Å². The fraction of sp³-hybridized carbons (Fsp3) is 0.300. The Bertz CT molecular complexity index is 982. The normalized spacial score (nSPS) is 18.4. The maximum atomic E-state index is 12.4. The van der Waals surface area contributed by atoms with Gasteiger partial charge in [0, 0.05) is 11.3 Å². The predicted molar refractivity (Wildman–Crippen MR) is 107 cm³/mol. The first-order chi connectivity index (χ1) is 13.2. The highest BCUT2D eigenvalue weighted by Crippen LogP contribution is 2.28. The van der Waals surface area contributed by atoms with Gasteiger partial charge >= 0.3 is 0 Å². The molecule has 2 aromatic rings. The maximum absolute atomic E-state index is 12.4. The summed E-state index contributed by atoms with van der Waals surface area (Å²) in [7, 11) is -3.66. The molecule has 148 valence electrons. The molecular weight excluding hydrogens is 380 g/mol. The van der Waals surface area contributed by atoms with Gasteiger partial charge in [-0.2, -0.15) is 0 Å². The fourth-order valence-electron chi connectivity index (χ4n) is 2.93. The van der Waals surface area contributed by atoms with Crippen LogP contribution in [0.25, 0.3) is 0 Å². The molecule has 0 bridgehead atoms. The van der Waals surface area contributed by atoms with Crippen molar-refractivity contribution in [3.05, 3.63) is 54.1 Å². The quantitative estimate of drug-likeness (QED) is 0.830. The number of hydrogen-bond donors (Lipinski definition) is 1. The van der Waals surface area contributed by atoms with E-state index in [1.54, 1.807) is 31.2 Å². The highest BCUT2D eigenvalue weighted by atomic mass is 32.2. The average molecular weight is 402 g/mol. The number of sulfonamides is 1. The van der Waals surface area contributed by atoms with E-state index in [0.717, 1.165) is 4.31 Å². The molecule has 0 spiro atoms. The number of nitrogens with zero attached hydrogens (tertiary/aromatic N) is 1. The highest BCUT2D eigenvalue weighted by Gasteiger charge is 2.41. The number of anilines is 2. The molecule has 1 heterocycles.